The molecule has 0 aromatic carbocycles. The molecule has 0 unspecified atom stereocenters. The largest absolute Gasteiger partial charge is 0.364 e. The Balaban J connectivity index is 1.67. The van der Waals surface area contributed by atoms with Gasteiger partial charge in [0.1, 0.15) is 6.33 Å². The lowest BCUT2D eigenvalue weighted by Gasteiger charge is -2.10. The number of nitrogens with zero attached hydrogens (tertiary/aromatic N) is 7. The molecule has 1 N–H and O–H groups in total. The van der Waals surface area contributed by atoms with Crippen LogP contribution >= 0.6 is 11.3 Å². The number of imidazole rings is 1. The van der Waals surface area contributed by atoms with E-state index in [1.54, 1.807) is 23.9 Å². The van der Waals surface area contributed by atoms with Crippen LogP contribution in [0.1, 0.15) is 17.0 Å². The standard InChI is InChI=1S/C21H20N8S/c1-13-17(14(2)28(3)27-13)19-25-20(23-10-15-5-4-7-22-9-15)18-21(26-19)29(12-24-18)16-6-8-30-11-16/h4-9,11-12H,10H2,1-3H3,(H,23,25,26). The fourth-order valence-electron chi connectivity index (χ4n) is 3.50. The molecule has 5 aromatic rings. The fraction of sp³-hybridized carbons (Fsp3) is 0.190. The molecule has 0 radical (unpaired) electrons. The number of hydrogen-bond acceptors (Lipinski definition) is 7. The van der Waals surface area contributed by atoms with Gasteiger partial charge in [-0.2, -0.15) is 16.4 Å². The van der Waals surface area contributed by atoms with Gasteiger partial charge in [0.05, 0.1) is 16.9 Å². The van der Waals surface area contributed by atoms with Gasteiger partial charge >= 0.3 is 0 Å². The molecule has 0 fully saturated rings. The quantitative estimate of drug-likeness (QED) is 0.468. The van der Waals surface area contributed by atoms with Gasteiger partial charge in [0.15, 0.2) is 22.8 Å². The average molecular weight is 417 g/mol. The summed E-state index contributed by atoms with van der Waals surface area (Å²) in [7, 11) is 1.93. The molecule has 5 heterocycles. The predicted octanol–water partition coefficient (Wildman–Crippen LogP) is 3.90. The van der Waals surface area contributed by atoms with E-state index >= 15 is 0 Å². The summed E-state index contributed by atoms with van der Waals surface area (Å²) < 4.78 is 3.85. The molecule has 5 aromatic heterocycles. The highest BCUT2D eigenvalue weighted by Gasteiger charge is 2.20. The number of hydrogen-bond donors (Lipinski definition) is 1. The van der Waals surface area contributed by atoms with Crippen LogP contribution in [0.15, 0.2) is 47.7 Å². The van der Waals surface area contributed by atoms with Crippen molar-refractivity contribution in [1.29, 1.82) is 0 Å². The van der Waals surface area contributed by atoms with Crippen LogP contribution in [0.3, 0.4) is 0 Å². The molecule has 0 saturated carbocycles. The third-order valence-corrected chi connectivity index (χ3v) is 5.77. The number of thiophene rings is 1. The highest BCUT2D eigenvalue weighted by Crippen LogP contribution is 2.29. The molecule has 0 saturated heterocycles. The third-order valence-electron chi connectivity index (χ3n) is 5.10. The van der Waals surface area contributed by atoms with Crippen LogP contribution in [-0.2, 0) is 13.6 Å². The minimum absolute atomic E-state index is 0.593. The number of rotatable bonds is 5. The summed E-state index contributed by atoms with van der Waals surface area (Å²) in [4.78, 5) is 18.5. The second-order valence-corrected chi connectivity index (χ2v) is 7.83. The van der Waals surface area contributed by atoms with E-state index < -0.39 is 0 Å². The monoisotopic (exact) mass is 416 g/mol. The van der Waals surface area contributed by atoms with Crippen molar-refractivity contribution in [3.8, 4) is 17.1 Å². The summed E-state index contributed by atoms with van der Waals surface area (Å²) in [6.07, 6.45) is 5.40. The van der Waals surface area contributed by atoms with Crippen LogP contribution in [0.5, 0.6) is 0 Å². The summed E-state index contributed by atoms with van der Waals surface area (Å²) >= 11 is 1.64. The number of aromatic nitrogens is 7. The van der Waals surface area contributed by atoms with Crippen LogP contribution in [0.2, 0.25) is 0 Å². The van der Waals surface area contributed by atoms with Crippen molar-refractivity contribution in [2.24, 2.45) is 7.05 Å². The lowest BCUT2D eigenvalue weighted by molar-refractivity contribution is 0.731. The number of anilines is 1. The van der Waals surface area contributed by atoms with Gasteiger partial charge in [0, 0.05) is 37.1 Å². The van der Waals surface area contributed by atoms with E-state index in [0.717, 1.165) is 39.4 Å². The Kier molecular flexibility index (Phi) is 4.51. The number of nitrogens with one attached hydrogen (secondary N) is 1. The normalized spacial score (nSPS) is 11.3. The number of aryl methyl sites for hydroxylation is 2. The van der Waals surface area contributed by atoms with Gasteiger partial charge in [-0.05, 0) is 36.9 Å². The zero-order chi connectivity index (χ0) is 20.7. The lowest BCUT2D eigenvalue weighted by Crippen LogP contribution is -2.06. The van der Waals surface area contributed by atoms with Crippen molar-refractivity contribution >= 4 is 28.3 Å². The molecule has 0 aliphatic rings. The Labute approximate surface area is 177 Å². The summed E-state index contributed by atoms with van der Waals surface area (Å²) in [5.74, 6) is 1.33. The first-order valence-electron chi connectivity index (χ1n) is 9.53. The molecule has 0 aliphatic carbocycles. The molecular weight excluding hydrogens is 396 g/mol. The maximum atomic E-state index is 4.90. The van der Waals surface area contributed by atoms with Gasteiger partial charge in [-0.3, -0.25) is 14.2 Å². The van der Waals surface area contributed by atoms with E-state index in [2.05, 4.69) is 31.8 Å². The Hall–Kier alpha value is -3.59. The zero-order valence-corrected chi connectivity index (χ0v) is 17.7. The van der Waals surface area contributed by atoms with Crippen LogP contribution in [0.25, 0.3) is 28.2 Å². The first-order chi connectivity index (χ1) is 14.6. The smallest absolute Gasteiger partial charge is 0.170 e. The fourth-order valence-corrected chi connectivity index (χ4v) is 4.13. The van der Waals surface area contributed by atoms with Gasteiger partial charge in [0.25, 0.3) is 0 Å². The van der Waals surface area contributed by atoms with Crippen molar-refractivity contribution in [1.82, 2.24) is 34.3 Å². The molecule has 8 nitrogen and oxygen atoms in total. The molecular formula is C21H20N8S. The van der Waals surface area contributed by atoms with Gasteiger partial charge in [-0.15, -0.1) is 0 Å². The first-order valence-corrected chi connectivity index (χ1v) is 10.5. The van der Waals surface area contributed by atoms with Gasteiger partial charge in [0.2, 0.25) is 0 Å². The van der Waals surface area contributed by atoms with Crippen LogP contribution < -0.4 is 5.32 Å². The first kappa shape index (κ1) is 18.4. The highest BCUT2D eigenvalue weighted by atomic mass is 32.1. The second-order valence-electron chi connectivity index (χ2n) is 7.05. The lowest BCUT2D eigenvalue weighted by atomic mass is 10.2. The summed E-state index contributed by atoms with van der Waals surface area (Å²) in [6.45, 7) is 4.60. The van der Waals surface area contributed by atoms with E-state index in [9.17, 15) is 0 Å². The zero-order valence-electron chi connectivity index (χ0n) is 16.9. The number of fused-ring (bicyclic) bond motifs is 1. The maximum absolute atomic E-state index is 4.90. The van der Waals surface area contributed by atoms with Crippen molar-refractivity contribution in [3.63, 3.8) is 0 Å². The van der Waals surface area contributed by atoms with E-state index in [4.69, 9.17) is 9.97 Å². The summed E-state index contributed by atoms with van der Waals surface area (Å²) in [6, 6.07) is 6.00. The van der Waals surface area contributed by atoms with Gasteiger partial charge in [-0.25, -0.2) is 15.0 Å². The average Bonchev–Trinajstić information content (AvgIpc) is 3.47. The minimum atomic E-state index is 0.593. The van der Waals surface area contributed by atoms with E-state index in [0.29, 0.717) is 18.2 Å². The Bertz CT molecular complexity index is 1320. The molecule has 0 atom stereocenters. The van der Waals surface area contributed by atoms with Crippen LogP contribution in [-0.4, -0.2) is 34.3 Å². The third kappa shape index (κ3) is 3.13. The second kappa shape index (κ2) is 7.34. The molecule has 0 amide bonds. The Morgan fingerprint density at radius 2 is 2.07 bits per heavy atom. The minimum Gasteiger partial charge on any atom is -0.364 e. The maximum Gasteiger partial charge on any atom is 0.170 e. The van der Waals surface area contributed by atoms with E-state index in [-0.39, 0.29) is 0 Å². The highest BCUT2D eigenvalue weighted by molar-refractivity contribution is 7.08. The summed E-state index contributed by atoms with van der Waals surface area (Å²) in [5.41, 5.74) is 6.45. The van der Waals surface area contributed by atoms with Crippen molar-refractivity contribution in [2.75, 3.05) is 5.32 Å². The van der Waals surface area contributed by atoms with Gasteiger partial charge < -0.3 is 5.32 Å². The topological polar surface area (TPSA) is 86.3 Å². The van der Waals surface area contributed by atoms with Crippen LogP contribution in [0.4, 0.5) is 5.82 Å². The predicted molar refractivity (Wildman–Crippen MR) is 118 cm³/mol. The van der Waals surface area contributed by atoms with Crippen molar-refractivity contribution < 1.29 is 0 Å². The summed E-state index contributed by atoms with van der Waals surface area (Å²) in [5, 5.41) is 12.1. The molecule has 0 bridgehead atoms. The Morgan fingerprint density at radius 1 is 1.17 bits per heavy atom. The Morgan fingerprint density at radius 3 is 2.77 bits per heavy atom. The molecule has 9 heteroatoms. The molecule has 0 spiro atoms. The van der Waals surface area contributed by atoms with Gasteiger partial charge in [-0.1, -0.05) is 6.07 Å². The van der Waals surface area contributed by atoms with E-state index in [1.807, 2.05) is 53.9 Å². The molecule has 0 aliphatic heterocycles. The molecule has 5 rings (SSSR count). The SMILES string of the molecule is Cc1nn(C)c(C)c1-c1nc(NCc2cccnc2)c2ncn(-c3ccsc3)c2n1. The van der Waals surface area contributed by atoms with E-state index in [1.165, 1.54) is 0 Å². The molecule has 150 valence electrons. The van der Waals surface area contributed by atoms with Crippen LogP contribution in [0, 0.1) is 13.8 Å². The van der Waals surface area contributed by atoms with Crippen molar-refractivity contribution in [3.05, 3.63) is 64.6 Å². The van der Waals surface area contributed by atoms with Crippen molar-refractivity contribution in [2.45, 2.75) is 20.4 Å². The number of pyridine rings is 1. The molecule has 30 heavy (non-hydrogen) atoms.